The number of methoxy groups -OCH3 is 1. The predicted octanol–water partition coefficient (Wildman–Crippen LogP) is 4.57. The maximum absolute atomic E-state index is 13.0. The summed E-state index contributed by atoms with van der Waals surface area (Å²) in [6.45, 7) is 3.63. The molecule has 1 amide bonds. The van der Waals surface area contributed by atoms with E-state index in [1.54, 1.807) is 7.11 Å². The van der Waals surface area contributed by atoms with Crippen LogP contribution in [0.2, 0.25) is 0 Å². The minimum atomic E-state index is -0.137. The Labute approximate surface area is 203 Å². The van der Waals surface area contributed by atoms with Gasteiger partial charge in [0.2, 0.25) is 11.9 Å². The van der Waals surface area contributed by atoms with Gasteiger partial charge in [-0.15, -0.1) is 11.3 Å². The highest BCUT2D eigenvalue weighted by molar-refractivity contribution is 7.17. The Hall–Kier alpha value is -2.87. The van der Waals surface area contributed by atoms with Crippen LogP contribution in [0.25, 0.3) is 21.3 Å². The lowest BCUT2D eigenvalue weighted by Gasteiger charge is -2.34. The summed E-state index contributed by atoms with van der Waals surface area (Å²) in [5.74, 6) is 2.12. The number of anilines is 1. The summed E-state index contributed by atoms with van der Waals surface area (Å²) in [6.07, 6.45) is 6.27. The summed E-state index contributed by atoms with van der Waals surface area (Å²) in [4.78, 5) is 35.8. The Morgan fingerprint density at radius 1 is 1.24 bits per heavy atom. The van der Waals surface area contributed by atoms with Crippen molar-refractivity contribution in [2.45, 2.75) is 51.5 Å². The number of benzene rings is 1. The molecule has 5 rings (SSSR count). The minimum absolute atomic E-state index is 0.0885. The maximum Gasteiger partial charge on any atom is 0.270 e. The Balaban J connectivity index is 1.37. The second kappa shape index (κ2) is 9.78. The maximum atomic E-state index is 13.0. The van der Waals surface area contributed by atoms with Crippen LogP contribution >= 0.6 is 11.3 Å². The van der Waals surface area contributed by atoms with Crippen LogP contribution in [0.1, 0.15) is 45.4 Å². The number of carbonyl (C=O) groups excluding carboxylic acids is 1. The Kier molecular flexibility index (Phi) is 6.59. The number of hydrogen-bond acceptors (Lipinski definition) is 6. The van der Waals surface area contributed by atoms with Crippen LogP contribution in [-0.2, 0) is 4.79 Å². The van der Waals surface area contributed by atoms with Crippen LogP contribution in [-0.4, -0.2) is 42.1 Å². The summed E-state index contributed by atoms with van der Waals surface area (Å²) >= 11 is 1.40. The fourth-order valence-electron chi connectivity index (χ4n) is 5.17. The van der Waals surface area contributed by atoms with Crippen LogP contribution < -0.4 is 20.5 Å². The molecule has 1 saturated heterocycles. The van der Waals surface area contributed by atoms with Crippen LogP contribution in [0.5, 0.6) is 5.75 Å². The first-order chi connectivity index (χ1) is 16.5. The molecule has 0 spiro atoms. The van der Waals surface area contributed by atoms with Crippen molar-refractivity contribution in [3.63, 3.8) is 0 Å². The number of rotatable bonds is 5. The van der Waals surface area contributed by atoms with Gasteiger partial charge in [0.1, 0.15) is 10.4 Å². The molecule has 0 radical (unpaired) electrons. The van der Waals surface area contributed by atoms with Gasteiger partial charge in [0.05, 0.1) is 18.5 Å². The molecule has 2 aromatic heterocycles. The Bertz CT molecular complexity index is 1230. The molecule has 180 valence electrons. The van der Waals surface area contributed by atoms with Gasteiger partial charge in [-0.25, -0.2) is 4.98 Å². The molecule has 1 unspecified atom stereocenters. The van der Waals surface area contributed by atoms with E-state index >= 15 is 0 Å². The molecule has 2 aliphatic rings. The van der Waals surface area contributed by atoms with E-state index in [-0.39, 0.29) is 17.4 Å². The summed E-state index contributed by atoms with van der Waals surface area (Å²) in [7, 11) is 1.64. The molecule has 0 bridgehead atoms. The number of carbonyl (C=O) groups is 1. The number of ether oxygens (including phenoxy) is 1. The molecule has 7 nitrogen and oxygen atoms in total. The van der Waals surface area contributed by atoms with Crippen molar-refractivity contribution in [3.8, 4) is 16.9 Å². The van der Waals surface area contributed by atoms with E-state index in [0.717, 1.165) is 55.0 Å². The first-order valence-corrected chi connectivity index (χ1v) is 13.1. The summed E-state index contributed by atoms with van der Waals surface area (Å²) < 4.78 is 5.98. The molecular formula is C26H32N4O3S. The molecule has 34 heavy (non-hydrogen) atoms. The molecule has 1 aliphatic heterocycles. The Morgan fingerprint density at radius 3 is 2.85 bits per heavy atom. The fraction of sp³-hybridized carbons (Fsp3) is 0.500. The van der Waals surface area contributed by atoms with Crippen LogP contribution in [0.3, 0.4) is 0 Å². The van der Waals surface area contributed by atoms with Gasteiger partial charge in [-0.2, -0.15) is 0 Å². The number of fused-ring (bicyclic) bond motifs is 1. The highest BCUT2D eigenvalue weighted by Gasteiger charge is 2.30. The van der Waals surface area contributed by atoms with Crippen LogP contribution in [0.4, 0.5) is 5.95 Å². The fourth-order valence-corrected chi connectivity index (χ4v) is 6.08. The summed E-state index contributed by atoms with van der Waals surface area (Å²) in [5, 5.41) is 5.27. The topological polar surface area (TPSA) is 87.3 Å². The molecule has 1 aliphatic carbocycles. The third-order valence-corrected chi connectivity index (χ3v) is 8.22. The lowest BCUT2D eigenvalue weighted by Crippen LogP contribution is -2.47. The van der Waals surface area contributed by atoms with E-state index < -0.39 is 0 Å². The largest absolute Gasteiger partial charge is 0.497 e. The first kappa shape index (κ1) is 22.9. The second-order valence-electron chi connectivity index (χ2n) is 9.70. The van der Waals surface area contributed by atoms with E-state index in [1.807, 2.05) is 29.6 Å². The number of amides is 1. The predicted molar refractivity (Wildman–Crippen MR) is 137 cm³/mol. The number of nitrogens with zero attached hydrogens (tertiary/aromatic N) is 2. The van der Waals surface area contributed by atoms with E-state index in [4.69, 9.17) is 9.72 Å². The number of thiophene rings is 1. The monoisotopic (exact) mass is 480 g/mol. The van der Waals surface area contributed by atoms with Gasteiger partial charge in [0, 0.05) is 30.1 Å². The van der Waals surface area contributed by atoms with E-state index in [1.165, 1.54) is 24.2 Å². The van der Waals surface area contributed by atoms with Gasteiger partial charge in [0.15, 0.2) is 0 Å². The molecule has 1 saturated carbocycles. The van der Waals surface area contributed by atoms with Crippen molar-refractivity contribution >= 4 is 33.4 Å². The molecule has 2 fully saturated rings. The normalized spacial score (nSPS) is 23.1. The van der Waals surface area contributed by atoms with E-state index in [9.17, 15) is 9.59 Å². The van der Waals surface area contributed by atoms with E-state index in [0.29, 0.717) is 28.8 Å². The SMILES string of the molecule is COc1cccc(-c2csc3c(=O)[nH]c(N4CCCC(C(=O)NC5CCC(C)CC5)C4)nc23)c1. The van der Waals surface area contributed by atoms with Crippen LogP contribution in [0.15, 0.2) is 34.4 Å². The number of piperidine rings is 1. The standard InChI is InChI=1S/C26H32N4O3S/c1-16-8-10-19(11-9-16)27-24(31)18-6-4-12-30(14-18)26-28-22-21(15-34-23(22)25(32)29-26)17-5-3-7-20(13-17)33-2/h3,5,7,13,15-16,18-19H,4,6,8-12,14H2,1-2H3,(H,27,31)(H,28,29,32). The zero-order valence-corrected chi connectivity index (χ0v) is 20.6. The average Bonchev–Trinajstić information content (AvgIpc) is 3.30. The first-order valence-electron chi connectivity index (χ1n) is 12.2. The van der Waals surface area contributed by atoms with Gasteiger partial charge in [-0.05, 0) is 62.1 Å². The van der Waals surface area contributed by atoms with Crippen molar-refractivity contribution in [3.05, 3.63) is 40.0 Å². The lowest BCUT2D eigenvalue weighted by atomic mass is 9.87. The number of H-pyrrole nitrogens is 1. The van der Waals surface area contributed by atoms with Crippen molar-refractivity contribution in [2.24, 2.45) is 11.8 Å². The number of aromatic nitrogens is 2. The van der Waals surface area contributed by atoms with Gasteiger partial charge in [0.25, 0.3) is 5.56 Å². The molecule has 8 heteroatoms. The number of hydrogen-bond donors (Lipinski definition) is 2. The van der Waals surface area contributed by atoms with E-state index in [2.05, 4.69) is 22.1 Å². The summed E-state index contributed by atoms with van der Waals surface area (Å²) in [5.41, 5.74) is 2.44. The van der Waals surface area contributed by atoms with Gasteiger partial charge < -0.3 is 15.0 Å². The number of nitrogens with one attached hydrogen (secondary N) is 2. The highest BCUT2D eigenvalue weighted by atomic mass is 32.1. The molecule has 1 atom stereocenters. The van der Waals surface area contributed by atoms with Crippen molar-refractivity contribution in [1.82, 2.24) is 15.3 Å². The van der Waals surface area contributed by atoms with Gasteiger partial charge >= 0.3 is 0 Å². The van der Waals surface area contributed by atoms with Gasteiger partial charge in [-0.3, -0.25) is 14.6 Å². The second-order valence-corrected chi connectivity index (χ2v) is 10.6. The molecule has 3 heterocycles. The molecular weight excluding hydrogens is 448 g/mol. The zero-order valence-electron chi connectivity index (χ0n) is 19.8. The minimum Gasteiger partial charge on any atom is -0.497 e. The zero-order chi connectivity index (χ0) is 23.7. The smallest absolute Gasteiger partial charge is 0.270 e. The third-order valence-electron chi connectivity index (χ3n) is 7.25. The molecule has 3 aromatic rings. The van der Waals surface area contributed by atoms with Crippen LogP contribution in [0, 0.1) is 11.8 Å². The lowest BCUT2D eigenvalue weighted by molar-refractivity contribution is -0.126. The molecule has 2 N–H and O–H groups in total. The summed E-state index contributed by atoms with van der Waals surface area (Å²) in [6, 6.07) is 8.09. The van der Waals surface area contributed by atoms with Crippen molar-refractivity contribution < 1.29 is 9.53 Å². The van der Waals surface area contributed by atoms with Crippen molar-refractivity contribution in [2.75, 3.05) is 25.1 Å². The third kappa shape index (κ3) is 4.69. The Morgan fingerprint density at radius 2 is 2.06 bits per heavy atom. The van der Waals surface area contributed by atoms with Crippen molar-refractivity contribution in [1.29, 1.82) is 0 Å². The number of aromatic amines is 1. The quantitative estimate of drug-likeness (QED) is 0.559. The van der Waals surface area contributed by atoms with Gasteiger partial charge in [-0.1, -0.05) is 19.1 Å². The molecule has 1 aromatic carbocycles. The highest BCUT2D eigenvalue weighted by Crippen LogP contribution is 2.34. The average molecular weight is 481 g/mol.